The summed E-state index contributed by atoms with van der Waals surface area (Å²) in [6, 6.07) is 19.3. The highest BCUT2D eigenvalue weighted by atomic mass is 35.5. The third-order valence-electron chi connectivity index (χ3n) is 4.55. The molecule has 0 saturated carbocycles. The van der Waals surface area contributed by atoms with E-state index in [-0.39, 0.29) is 0 Å². The van der Waals surface area contributed by atoms with Gasteiger partial charge in [-0.3, -0.25) is 4.90 Å². The molecule has 0 aliphatic carbocycles. The number of anilines is 1. The van der Waals surface area contributed by atoms with Crippen molar-refractivity contribution in [1.82, 2.24) is 4.90 Å². The van der Waals surface area contributed by atoms with Gasteiger partial charge in [-0.05, 0) is 37.1 Å². The minimum Gasteiger partial charge on any atom is -0.370 e. The van der Waals surface area contributed by atoms with E-state index in [1.54, 1.807) is 0 Å². The van der Waals surface area contributed by atoms with Gasteiger partial charge in [-0.25, -0.2) is 0 Å². The van der Waals surface area contributed by atoms with E-state index in [0.717, 1.165) is 31.2 Å². The van der Waals surface area contributed by atoms with Crippen LogP contribution in [0.25, 0.3) is 0 Å². The second-order valence-electron chi connectivity index (χ2n) is 5.91. The summed E-state index contributed by atoms with van der Waals surface area (Å²) in [5.74, 6) is 0. The lowest BCUT2D eigenvalue weighted by atomic mass is 10.1. The van der Waals surface area contributed by atoms with Crippen LogP contribution in [0.15, 0.2) is 54.6 Å². The Morgan fingerprint density at radius 1 is 0.864 bits per heavy atom. The molecule has 0 amide bonds. The molecule has 2 aromatic rings. The Hall–Kier alpha value is -1.51. The zero-order valence-electron chi connectivity index (χ0n) is 13.1. The van der Waals surface area contributed by atoms with Crippen molar-refractivity contribution >= 4 is 17.3 Å². The third-order valence-corrected chi connectivity index (χ3v) is 4.90. The van der Waals surface area contributed by atoms with Crippen LogP contribution in [0.4, 0.5) is 5.69 Å². The van der Waals surface area contributed by atoms with E-state index in [4.69, 9.17) is 11.6 Å². The fourth-order valence-corrected chi connectivity index (χ4v) is 3.53. The van der Waals surface area contributed by atoms with Gasteiger partial charge >= 0.3 is 0 Å². The standard InChI is InChI=1S/C19H23ClN2/c1-16(18-10-5-6-11-19(18)20)21-12-7-13-22(15-14-21)17-8-3-2-4-9-17/h2-6,8-11,16H,7,12-15H2,1H3. The number of benzene rings is 2. The van der Waals surface area contributed by atoms with E-state index in [9.17, 15) is 0 Å². The Morgan fingerprint density at radius 3 is 2.36 bits per heavy atom. The van der Waals surface area contributed by atoms with Gasteiger partial charge < -0.3 is 4.90 Å². The lowest BCUT2D eigenvalue weighted by molar-refractivity contribution is 0.226. The molecule has 3 heteroatoms. The van der Waals surface area contributed by atoms with Gasteiger partial charge in [0.1, 0.15) is 0 Å². The van der Waals surface area contributed by atoms with Crippen LogP contribution >= 0.6 is 11.6 Å². The molecule has 0 N–H and O–H groups in total. The summed E-state index contributed by atoms with van der Waals surface area (Å²) in [6.45, 7) is 6.64. The van der Waals surface area contributed by atoms with E-state index in [1.807, 2.05) is 12.1 Å². The lowest BCUT2D eigenvalue weighted by Crippen LogP contribution is -2.32. The summed E-state index contributed by atoms with van der Waals surface area (Å²) in [7, 11) is 0. The molecule has 1 fully saturated rings. The summed E-state index contributed by atoms with van der Waals surface area (Å²) in [6.07, 6.45) is 1.18. The van der Waals surface area contributed by atoms with Crippen LogP contribution in [0.1, 0.15) is 24.9 Å². The fourth-order valence-electron chi connectivity index (χ4n) is 3.23. The van der Waals surface area contributed by atoms with Crippen molar-refractivity contribution in [3.05, 3.63) is 65.2 Å². The second kappa shape index (κ2) is 7.17. The van der Waals surface area contributed by atoms with Crippen molar-refractivity contribution in [2.75, 3.05) is 31.1 Å². The average Bonchev–Trinajstić information content (AvgIpc) is 2.81. The van der Waals surface area contributed by atoms with Crippen molar-refractivity contribution in [2.45, 2.75) is 19.4 Å². The fraction of sp³-hybridized carbons (Fsp3) is 0.368. The summed E-state index contributed by atoms with van der Waals surface area (Å²) >= 11 is 6.37. The summed E-state index contributed by atoms with van der Waals surface area (Å²) < 4.78 is 0. The van der Waals surface area contributed by atoms with E-state index in [0.29, 0.717) is 6.04 Å². The molecule has 22 heavy (non-hydrogen) atoms. The van der Waals surface area contributed by atoms with Crippen LogP contribution < -0.4 is 4.90 Å². The van der Waals surface area contributed by atoms with Gasteiger partial charge in [-0.2, -0.15) is 0 Å². The van der Waals surface area contributed by atoms with Crippen molar-refractivity contribution in [2.24, 2.45) is 0 Å². The second-order valence-corrected chi connectivity index (χ2v) is 6.32. The molecule has 0 bridgehead atoms. The first kappa shape index (κ1) is 15.4. The molecular formula is C19H23ClN2. The van der Waals surface area contributed by atoms with Crippen LogP contribution in [0.2, 0.25) is 5.02 Å². The molecule has 1 unspecified atom stereocenters. The van der Waals surface area contributed by atoms with E-state index < -0.39 is 0 Å². The number of halogens is 1. The highest BCUT2D eigenvalue weighted by Gasteiger charge is 2.21. The average molecular weight is 315 g/mol. The lowest BCUT2D eigenvalue weighted by Gasteiger charge is -2.29. The SMILES string of the molecule is CC(c1ccccc1Cl)N1CCCN(c2ccccc2)CC1. The van der Waals surface area contributed by atoms with Crippen LogP contribution in [0.5, 0.6) is 0 Å². The zero-order chi connectivity index (χ0) is 15.4. The largest absolute Gasteiger partial charge is 0.370 e. The highest BCUT2D eigenvalue weighted by Crippen LogP contribution is 2.28. The van der Waals surface area contributed by atoms with Gasteiger partial charge in [0, 0.05) is 42.9 Å². The molecule has 3 rings (SSSR count). The molecule has 0 spiro atoms. The minimum absolute atomic E-state index is 0.365. The van der Waals surface area contributed by atoms with Gasteiger partial charge in [-0.15, -0.1) is 0 Å². The first-order valence-corrected chi connectivity index (χ1v) is 8.42. The Labute approximate surface area is 138 Å². The maximum Gasteiger partial charge on any atom is 0.0453 e. The number of para-hydroxylation sites is 1. The molecule has 1 aliphatic rings. The molecule has 1 aliphatic heterocycles. The Bertz CT molecular complexity index is 599. The number of hydrogen-bond donors (Lipinski definition) is 0. The molecule has 1 saturated heterocycles. The molecular weight excluding hydrogens is 292 g/mol. The molecule has 116 valence electrons. The summed E-state index contributed by atoms with van der Waals surface area (Å²) in [5.41, 5.74) is 2.56. The maximum absolute atomic E-state index is 6.37. The summed E-state index contributed by atoms with van der Waals surface area (Å²) in [5, 5.41) is 0.874. The molecule has 1 atom stereocenters. The molecule has 1 heterocycles. The molecule has 0 radical (unpaired) electrons. The predicted octanol–water partition coefficient (Wildman–Crippen LogP) is 4.61. The van der Waals surface area contributed by atoms with Crippen LogP contribution in [0.3, 0.4) is 0 Å². The normalized spacial score (nSPS) is 18.0. The first-order chi connectivity index (χ1) is 10.8. The van der Waals surface area contributed by atoms with E-state index in [1.165, 1.54) is 17.7 Å². The van der Waals surface area contributed by atoms with E-state index in [2.05, 4.69) is 59.2 Å². The third kappa shape index (κ3) is 3.45. The minimum atomic E-state index is 0.365. The van der Waals surface area contributed by atoms with Crippen molar-refractivity contribution in [3.8, 4) is 0 Å². The predicted molar refractivity (Wildman–Crippen MR) is 94.7 cm³/mol. The van der Waals surface area contributed by atoms with Crippen molar-refractivity contribution in [1.29, 1.82) is 0 Å². The Kier molecular flexibility index (Phi) is 5.01. The maximum atomic E-state index is 6.37. The summed E-state index contributed by atoms with van der Waals surface area (Å²) in [4.78, 5) is 5.03. The number of hydrogen-bond acceptors (Lipinski definition) is 2. The van der Waals surface area contributed by atoms with Crippen molar-refractivity contribution < 1.29 is 0 Å². The highest BCUT2D eigenvalue weighted by molar-refractivity contribution is 6.31. The van der Waals surface area contributed by atoms with Crippen LogP contribution in [-0.2, 0) is 0 Å². The molecule has 0 aromatic heterocycles. The van der Waals surface area contributed by atoms with Gasteiger partial charge in [0.25, 0.3) is 0 Å². The quantitative estimate of drug-likeness (QED) is 0.816. The Balaban J connectivity index is 1.69. The van der Waals surface area contributed by atoms with Gasteiger partial charge in [0.15, 0.2) is 0 Å². The van der Waals surface area contributed by atoms with Crippen LogP contribution in [-0.4, -0.2) is 31.1 Å². The zero-order valence-corrected chi connectivity index (χ0v) is 13.8. The topological polar surface area (TPSA) is 6.48 Å². The monoisotopic (exact) mass is 314 g/mol. The number of nitrogens with zero attached hydrogens (tertiary/aromatic N) is 2. The van der Waals surface area contributed by atoms with Crippen LogP contribution in [0, 0.1) is 0 Å². The van der Waals surface area contributed by atoms with Crippen molar-refractivity contribution in [3.63, 3.8) is 0 Å². The smallest absolute Gasteiger partial charge is 0.0453 e. The Morgan fingerprint density at radius 2 is 1.59 bits per heavy atom. The first-order valence-electron chi connectivity index (χ1n) is 8.04. The van der Waals surface area contributed by atoms with Gasteiger partial charge in [-0.1, -0.05) is 48.0 Å². The van der Waals surface area contributed by atoms with Gasteiger partial charge in [0.2, 0.25) is 0 Å². The number of rotatable bonds is 3. The molecule has 2 nitrogen and oxygen atoms in total. The van der Waals surface area contributed by atoms with Gasteiger partial charge in [0.05, 0.1) is 0 Å². The molecule has 2 aromatic carbocycles. The van der Waals surface area contributed by atoms with E-state index >= 15 is 0 Å².